The zero-order chi connectivity index (χ0) is 26.2. The van der Waals surface area contributed by atoms with Gasteiger partial charge in [0.05, 0.1) is 24.1 Å². The van der Waals surface area contributed by atoms with Gasteiger partial charge in [-0.1, -0.05) is 12.1 Å². The third-order valence-electron chi connectivity index (χ3n) is 5.98. The number of benzene rings is 2. The van der Waals surface area contributed by atoms with Crippen molar-refractivity contribution in [3.63, 3.8) is 0 Å². The number of ether oxygens (including phenoxy) is 1. The van der Waals surface area contributed by atoms with E-state index in [-0.39, 0.29) is 11.4 Å². The van der Waals surface area contributed by atoms with Gasteiger partial charge >= 0.3 is 6.18 Å². The van der Waals surface area contributed by atoms with Gasteiger partial charge < -0.3 is 10.5 Å². The van der Waals surface area contributed by atoms with Gasteiger partial charge in [-0.15, -0.1) is 0 Å². The number of rotatable bonds is 5. The maximum atomic E-state index is 14.1. The van der Waals surface area contributed by atoms with E-state index in [9.17, 15) is 13.2 Å². The third kappa shape index (κ3) is 4.37. The third-order valence-corrected chi connectivity index (χ3v) is 5.98. The summed E-state index contributed by atoms with van der Waals surface area (Å²) in [5.74, 6) is 0.406. The average Bonchev–Trinajstić information content (AvgIpc) is 2.90. The van der Waals surface area contributed by atoms with E-state index < -0.39 is 11.7 Å². The minimum absolute atomic E-state index is 0.230. The van der Waals surface area contributed by atoms with Crippen molar-refractivity contribution in [3.05, 3.63) is 90.6 Å². The van der Waals surface area contributed by atoms with Gasteiger partial charge in [0.25, 0.3) is 0 Å². The maximum Gasteiger partial charge on any atom is 0.420 e. The number of methoxy groups -OCH3 is 1. The quantitative estimate of drug-likeness (QED) is 0.294. The van der Waals surface area contributed by atoms with Gasteiger partial charge in [-0.25, -0.2) is 19.9 Å². The Bertz CT molecular complexity index is 1590. The average molecular weight is 503 g/mol. The summed E-state index contributed by atoms with van der Waals surface area (Å²) < 4.78 is 47.2. The number of hydrogen-bond acceptors (Lipinski definition) is 7. The minimum atomic E-state index is -4.64. The monoisotopic (exact) mass is 502 g/mol. The van der Waals surface area contributed by atoms with Gasteiger partial charge in [0.1, 0.15) is 23.7 Å². The van der Waals surface area contributed by atoms with Crippen LogP contribution < -0.4 is 15.4 Å². The lowest BCUT2D eigenvalue weighted by Gasteiger charge is -2.30. The number of alkyl halides is 3. The van der Waals surface area contributed by atoms with Crippen LogP contribution in [0.25, 0.3) is 22.0 Å². The molecule has 0 bridgehead atoms. The molecular weight excluding hydrogens is 481 g/mol. The Balaban J connectivity index is 1.88. The van der Waals surface area contributed by atoms with Crippen molar-refractivity contribution < 1.29 is 17.9 Å². The lowest BCUT2D eigenvalue weighted by atomic mass is 10.0. The molecule has 0 unspecified atom stereocenters. The number of aromatic nitrogens is 4. The molecule has 0 amide bonds. The number of hydrogen-bond donors (Lipinski definition) is 1. The Morgan fingerprint density at radius 1 is 0.892 bits per heavy atom. The molecule has 0 atom stereocenters. The summed E-state index contributed by atoms with van der Waals surface area (Å²) in [7, 11) is 1.21. The highest BCUT2D eigenvalue weighted by Crippen LogP contribution is 2.46. The summed E-state index contributed by atoms with van der Waals surface area (Å²) in [4.78, 5) is 18.8. The Hall–Kier alpha value is -4.73. The SMILES string of the molecule is COc1ccc(N(c2ncccc2-c2ccncn2)c2c(C)ccc3c(N)nccc23)cc1C(F)(F)F. The number of nitrogen functional groups attached to an aromatic ring is 1. The van der Waals surface area contributed by atoms with E-state index in [0.717, 1.165) is 11.6 Å². The number of nitrogens with two attached hydrogens (primary N) is 1. The summed E-state index contributed by atoms with van der Waals surface area (Å²) in [5, 5.41) is 1.37. The van der Waals surface area contributed by atoms with Crippen LogP contribution in [0.5, 0.6) is 5.75 Å². The smallest absolute Gasteiger partial charge is 0.420 e. The molecule has 0 aliphatic heterocycles. The number of nitrogens with zero attached hydrogens (tertiary/aromatic N) is 5. The summed E-state index contributed by atoms with van der Waals surface area (Å²) in [6.45, 7) is 1.87. The highest BCUT2D eigenvalue weighted by Gasteiger charge is 2.35. The highest BCUT2D eigenvalue weighted by atomic mass is 19.4. The molecule has 0 saturated carbocycles. The van der Waals surface area contributed by atoms with Gasteiger partial charge in [0.15, 0.2) is 0 Å². The van der Waals surface area contributed by atoms with Crippen molar-refractivity contribution in [2.45, 2.75) is 13.1 Å². The summed E-state index contributed by atoms with van der Waals surface area (Å²) in [6, 6.07) is 14.7. The highest BCUT2D eigenvalue weighted by molar-refractivity contribution is 6.04. The first-order valence-electron chi connectivity index (χ1n) is 11.2. The number of pyridine rings is 2. The van der Waals surface area contributed by atoms with Crippen LogP contribution in [0.2, 0.25) is 0 Å². The van der Waals surface area contributed by atoms with Gasteiger partial charge in [-0.3, -0.25) is 4.90 Å². The van der Waals surface area contributed by atoms with Crippen molar-refractivity contribution in [1.82, 2.24) is 19.9 Å². The maximum absolute atomic E-state index is 14.1. The van der Waals surface area contributed by atoms with E-state index in [1.165, 1.54) is 19.5 Å². The van der Waals surface area contributed by atoms with Crippen molar-refractivity contribution in [3.8, 4) is 17.0 Å². The zero-order valence-corrected chi connectivity index (χ0v) is 19.9. The van der Waals surface area contributed by atoms with E-state index in [2.05, 4.69) is 19.9 Å². The molecule has 3 heterocycles. The van der Waals surface area contributed by atoms with E-state index in [1.807, 2.05) is 25.1 Å². The van der Waals surface area contributed by atoms with E-state index in [0.29, 0.717) is 39.4 Å². The standard InChI is InChI=1S/C27H21F3N6O/c1-16-5-7-19-18(9-13-33-25(19)31)24(16)36(17-6-8-23(37-2)21(14-17)27(28,29)30)26-20(4-3-11-34-26)22-10-12-32-15-35-22/h3-15H,1-2H3,(H2,31,33). The predicted molar refractivity (Wildman–Crippen MR) is 136 cm³/mol. The molecule has 5 aromatic rings. The Morgan fingerprint density at radius 2 is 1.73 bits per heavy atom. The Labute approximate surface area is 210 Å². The number of fused-ring (bicyclic) bond motifs is 1. The van der Waals surface area contributed by atoms with Crippen LogP contribution >= 0.6 is 0 Å². The molecule has 0 spiro atoms. The van der Waals surface area contributed by atoms with Crippen LogP contribution in [0.3, 0.4) is 0 Å². The molecule has 0 fully saturated rings. The first-order chi connectivity index (χ1) is 17.8. The molecule has 0 aliphatic rings. The van der Waals surface area contributed by atoms with Crippen LogP contribution in [0, 0.1) is 6.92 Å². The second-order valence-electron chi connectivity index (χ2n) is 8.21. The molecule has 0 aliphatic carbocycles. The minimum Gasteiger partial charge on any atom is -0.496 e. The second-order valence-corrected chi connectivity index (χ2v) is 8.21. The lowest BCUT2D eigenvalue weighted by Crippen LogP contribution is -2.17. The van der Waals surface area contributed by atoms with Crippen LogP contribution in [0.15, 0.2) is 79.5 Å². The molecule has 0 radical (unpaired) electrons. The fourth-order valence-corrected chi connectivity index (χ4v) is 4.31. The van der Waals surface area contributed by atoms with Gasteiger partial charge in [-0.2, -0.15) is 13.2 Å². The first kappa shape index (κ1) is 24.0. The summed E-state index contributed by atoms with van der Waals surface area (Å²) in [6.07, 6.45) is 1.50. The number of anilines is 4. The largest absolute Gasteiger partial charge is 0.496 e. The summed E-state index contributed by atoms with van der Waals surface area (Å²) >= 11 is 0. The Morgan fingerprint density at radius 3 is 2.46 bits per heavy atom. The fourth-order valence-electron chi connectivity index (χ4n) is 4.31. The molecule has 2 N–H and O–H groups in total. The molecule has 5 rings (SSSR count). The second kappa shape index (κ2) is 9.38. The number of aryl methyl sites for hydroxylation is 1. The van der Waals surface area contributed by atoms with Crippen LogP contribution in [0.1, 0.15) is 11.1 Å². The molecule has 0 saturated heterocycles. The summed E-state index contributed by atoms with van der Waals surface area (Å²) in [5.41, 5.74) is 8.06. The normalized spacial score (nSPS) is 11.5. The van der Waals surface area contributed by atoms with Crippen molar-refractivity contribution in [1.29, 1.82) is 0 Å². The molecule has 37 heavy (non-hydrogen) atoms. The van der Waals surface area contributed by atoms with Gasteiger partial charge in [0.2, 0.25) is 0 Å². The molecule has 3 aromatic heterocycles. The molecule has 2 aromatic carbocycles. The van der Waals surface area contributed by atoms with E-state index in [1.54, 1.807) is 47.8 Å². The van der Waals surface area contributed by atoms with E-state index >= 15 is 0 Å². The van der Waals surface area contributed by atoms with Crippen molar-refractivity contribution in [2.24, 2.45) is 0 Å². The molecular formula is C27H21F3N6O. The van der Waals surface area contributed by atoms with Crippen LogP contribution in [-0.2, 0) is 6.18 Å². The van der Waals surface area contributed by atoms with Crippen molar-refractivity contribution >= 4 is 33.8 Å². The van der Waals surface area contributed by atoms with Crippen LogP contribution in [0.4, 0.5) is 36.2 Å². The molecule has 10 heteroatoms. The van der Waals surface area contributed by atoms with Gasteiger partial charge in [-0.05, 0) is 55.0 Å². The number of halogens is 3. The topological polar surface area (TPSA) is 90.0 Å². The lowest BCUT2D eigenvalue weighted by molar-refractivity contribution is -0.138. The molecule has 7 nitrogen and oxygen atoms in total. The van der Waals surface area contributed by atoms with Crippen LogP contribution in [-0.4, -0.2) is 27.0 Å². The molecule has 186 valence electrons. The first-order valence-corrected chi connectivity index (χ1v) is 11.2. The predicted octanol–water partition coefficient (Wildman–Crippen LogP) is 6.47. The van der Waals surface area contributed by atoms with Crippen molar-refractivity contribution in [2.75, 3.05) is 17.7 Å². The fraction of sp³-hybridized carbons (Fsp3) is 0.111. The Kier molecular flexibility index (Phi) is 6.08. The van der Waals surface area contributed by atoms with Gasteiger partial charge in [0, 0.05) is 40.6 Å². The zero-order valence-electron chi connectivity index (χ0n) is 19.9. The van der Waals surface area contributed by atoms with E-state index in [4.69, 9.17) is 10.5 Å².